The minimum atomic E-state index is 0.322. The highest BCUT2D eigenvalue weighted by Crippen LogP contribution is 2.35. The van der Waals surface area contributed by atoms with E-state index in [-0.39, 0.29) is 0 Å². The van der Waals surface area contributed by atoms with Gasteiger partial charge in [-0.1, -0.05) is 51.3 Å². The second-order valence-electron chi connectivity index (χ2n) is 7.00. The molecule has 0 aromatic heterocycles. The molecule has 0 bridgehead atoms. The van der Waals surface area contributed by atoms with Crippen molar-refractivity contribution in [1.29, 1.82) is 0 Å². The first-order valence-electron chi connectivity index (χ1n) is 9.70. The van der Waals surface area contributed by atoms with Gasteiger partial charge in [-0.25, -0.2) is 0 Å². The number of benzene rings is 3. The van der Waals surface area contributed by atoms with Gasteiger partial charge >= 0.3 is 0 Å². The van der Waals surface area contributed by atoms with Crippen molar-refractivity contribution in [3.05, 3.63) is 85.3 Å². The van der Waals surface area contributed by atoms with E-state index in [9.17, 15) is 0 Å². The lowest BCUT2D eigenvalue weighted by atomic mass is 10.1. The van der Waals surface area contributed by atoms with Gasteiger partial charge in [0.1, 0.15) is 6.61 Å². The van der Waals surface area contributed by atoms with E-state index in [4.69, 9.17) is 32.7 Å². The van der Waals surface area contributed by atoms with Crippen molar-refractivity contribution in [3.8, 4) is 11.5 Å². The summed E-state index contributed by atoms with van der Waals surface area (Å²) < 4.78 is 12.8. The van der Waals surface area contributed by atoms with Gasteiger partial charge in [0.25, 0.3) is 0 Å². The summed E-state index contributed by atoms with van der Waals surface area (Å²) >= 11 is 15.9. The van der Waals surface area contributed by atoms with Crippen LogP contribution in [0.3, 0.4) is 0 Å². The number of aryl methyl sites for hydroxylation is 2. The van der Waals surface area contributed by atoms with Gasteiger partial charge in [-0.3, -0.25) is 0 Å². The van der Waals surface area contributed by atoms with Crippen molar-refractivity contribution in [2.75, 3.05) is 11.9 Å². The van der Waals surface area contributed by atoms with Gasteiger partial charge in [-0.2, -0.15) is 0 Å². The van der Waals surface area contributed by atoms with Crippen molar-refractivity contribution in [2.24, 2.45) is 0 Å². The van der Waals surface area contributed by atoms with E-state index in [1.165, 1.54) is 11.1 Å². The average Bonchev–Trinajstić information content (AvgIpc) is 2.70. The summed E-state index contributed by atoms with van der Waals surface area (Å²) in [7, 11) is 0. The number of hydrogen-bond donors (Lipinski definition) is 1. The Morgan fingerprint density at radius 1 is 0.867 bits per heavy atom. The van der Waals surface area contributed by atoms with E-state index < -0.39 is 0 Å². The first-order chi connectivity index (χ1) is 14.4. The topological polar surface area (TPSA) is 30.5 Å². The van der Waals surface area contributed by atoms with Crippen LogP contribution in [0.1, 0.15) is 29.2 Å². The lowest BCUT2D eigenvalue weighted by Crippen LogP contribution is -2.04. The summed E-state index contributed by atoms with van der Waals surface area (Å²) in [5.41, 5.74) is 5.57. The van der Waals surface area contributed by atoms with E-state index in [1.54, 1.807) is 12.1 Å². The molecule has 0 unspecified atom stereocenters. The SMILES string of the molecule is CCOc1cc(CNc2ccc(C)c(C)c2)c(Br)cc1OCc1ccc(Cl)cc1Cl. The maximum absolute atomic E-state index is 6.26. The summed E-state index contributed by atoms with van der Waals surface area (Å²) in [6, 6.07) is 15.7. The Morgan fingerprint density at radius 2 is 1.63 bits per heavy atom. The lowest BCUT2D eigenvalue weighted by Gasteiger charge is -2.16. The fraction of sp³-hybridized carbons (Fsp3) is 0.250. The zero-order chi connectivity index (χ0) is 21.7. The van der Waals surface area contributed by atoms with Crippen LogP contribution < -0.4 is 14.8 Å². The molecule has 0 aliphatic carbocycles. The molecule has 0 fully saturated rings. The molecule has 6 heteroatoms. The quantitative estimate of drug-likeness (QED) is 0.334. The highest BCUT2D eigenvalue weighted by molar-refractivity contribution is 9.10. The standard InChI is InChI=1S/C24H24BrCl2NO2/c1-4-29-23-10-18(13-28-20-8-5-15(2)16(3)9-20)21(25)12-24(23)30-14-17-6-7-19(26)11-22(17)27/h5-12,28H,4,13-14H2,1-3H3. The molecule has 0 aliphatic rings. The maximum atomic E-state index is 6.26. The van der Waals surface area contributed by atoms with E-state index in [1.807, 2.05) is 25.1 Å². The van der Waals surface area contributed by atoms with Gasteiger partial charge in [-0.05, 0) is 73.9 Å². The molecule has 0 aliphatic heterocycles. The normalized spacial score (nSPS) is 10.7. The molecule has 0 amide bonds. The van der Waals surface area contributed by atoms with Crippen LogP contribution in [0.15, 0.2) is 53.0 Å². The van der Waals surface area contributed by atoms with Crippen LogP contribution in [0.2, 0.25) is 10.0 Å². The van der Waals surface area contributed by atoms with Gasteiger partial charge in [0, 0.05) is 32.3 Å². The van der Waals surface area contributed by atoms with Gasteiger partial charge in [0.2, 0.25) is 0 Å². The number of anilines is 1. The highest BCUT2D eigenvalue weighted by atomic mass is 79.9. The van der Waals surface area contributed by atoms with E-state index in [2.05, 4.69) is 53.3 Å². The number of ether oxygens (including phenoxy) is 2. The van der Waals surface area contributed by atoms with E-state index in [0.29, 0.717) is 41.3 Å². The highest BCUT2D eigenvalue weighted by Gasteiger charge is 2.12. The van der Waals surface area contributed by atoms with Crippen LogP contribution in [-0.4, -0.2) is 6.61 Å². The molecule has 0 spiro atoms. The Balaban J connectivity index is 1.76. The average molecular weight is 509 g/mol. The van der Waals surface area contributed by atoms with Crippen LogP contribution >= 0.6 is 39.1 Å². The van der Waals surface area contributed by atoms with Crippen LogP contribution in [0, 0.1) is 13.8 Å². The summed E-state index contributed by atoms with van der Waals surface area (Å²) in [6.07, 6.45) is 0. The van der Waals surface area contributed by atoms with Crippen LogP contribution in [0.25, 0.3) is 0 Å². The van der Waals surface area contributed by atoms with Crippen molar-refractivity contribution >= 4 is 44.8 Å². The Kier molecular flexibility index (Phi) is 7.93. The summed E-state index contributed by atoms with van der Waals surface area (Å²) in [4.78, 5) is 0. The van der Waals surface area contributed by atoms with Crippen LogP contribution in [0.5, 0.6) is 11.5 Å². The predicted molar refractivity (Wildman–Crippen MR) is 129 cm³/mol. The molecule has 3 aromatic rings. The van der Waals surface area contributed by atoms with Gasteiger partial charge in [-0.15, -0.1) is 0 Å². The second-order valence-corrected chi connectivity index (χ2v) is 8.70. The molecule has 30 heavy (non-hydrogen) atoms. The second kappa shape index (κ2) is 10.4. The van der Waals surface area contributed by atoms with Gasteiger partial charge < -0.3 is 14.8 Å². The molecule has 3 nitrogen and oxygen atoms in total. The third kappa shape index (κ3) is 5.84. The molecular formula is C24H24BrCl2NO2. The number of hydrogen-bond acceptors (Lipinski definition) is 3. The smallest absolute Gasteiger partial charge is 0.162 e. The van der Waals surface area contributed by atoms with E-state index in [0.717, 1.165) is 21.3 Å². The van der Waals surface area contributed by atoms with Crippen molar-refractivity contribution < 1.29 is 9.47 Å². The molecule has 3 aromatic carbocycles. The minimum absolute atomic E-state index is 0.322. The number of rotatable bonds is 8. The summed E-state index contributed by atoms with van der Waals surface area (Å²) in [5, 5.41) is 4.65. The third-order valence-electron chi connectivity index (χ3n) is 4.80. The fourth-order valence-corrected chi connectivity index (χ4v) is 3.86. The van der Waals surface area contributed by atoms with Crippen molar-refractivity contribution in [2.45, 2.75) is 33.9 Å². The Hall–Kier alpha value is -1.88. The first kappa shape index (κ1) is 22.8. The largest absolute Gasteiger partial charge is 0.490 e. The molecule has 0 saturated heterocycles. The van der Waals surface area contributed by atoms with Gasteiger partial charge in [0.15, 0.2) is 11.5 Å². The maximum Gasteiger partial charge on any atom is 0.162 e. The molecule has 0 atom stereocenters. The van der Waals surface area contributed by atoms with Crippen LogP contribution in [0.4, 0.5) is 5.69 Å². The molecule has 1 N–H and O–H groups in total. The fourth-order valence-electron chi connectivity index (χ4n) is 2.94. The van der Waals surface area contributed by atoms with E-state index >= 15 is 0 Å². The molecule has 0 saturated carbocycles. The molecule has 0 heterocycles. The summed E-state index contributed by atoms with van der Waals surface area (Å²) in [5.74, 6) is 1.35. The van der Waals surface area contributed by atoms with Crippen molar-refractivity contribution in [1.82, 2.24) is 0 Å². The third-order valence-corrected chi connectivity index (χ3v) is 6.13. The molecule has 158 valence electrons. The molecule has 3 rings (SSSR count). The Morgan fingerprint density at radius 3 is 2.33 bits per heavy atom. The minimum Gasteiger partial charge on any atom is -0.490 e. The van der Waals surface area contributed by atoms with Gasteiger partial charge in [0.05, 0.1) is 6.61 Å². The molecule has 0 radical (unpaired) electrons. The summed E-state index contributed by atoms with van der Waals surface area (Å²) in [6.45, 7) is 7.70. The first-order valence-corrected chi connectivity index (χ1v) is 11.3. The Labute approximate surface area is 196 Å². The van der Waals surface area contributed by atoms with Crippen molar-refractivity contribution in [3.63, 3.8) is 0 Å². The lowest BCUT2D eigenvalue weighted by molar-refractivity contribution is 0.269. The number of nitrogens with one attached hydrogen (secondary N) is 1. The predicted octanol–water partition coefficient (Wildman–Crippen LogP) is 7.96. The number of halogens is 3. The molecular weight excluding hydrogens is 485 g/mol. The zero-order valence-corrected chi connectivity index (χ0v) is 20.3. The Bertz CT molecular complexity index is 1040. The monoisotopic (exact) mass is 507 g/mol. The zero-order valence-electron chi connectivity index (χ0n) is 17.2. The van der Waals surface area contributed by atoms with Crippen LogP contribution in [-0.2, 0) is 13.2 Å².